The fraction of sp³-hybridized carbons (Fsp3) is 0.500. The van der Waals surface area contributed by atoms with E-state index in [-0.39, 0.29) is 24.0 Å². The van der Waals surface area contributed by atoms with Crippen LogP contribution in [0.5, 0.6) is 0 Å². The van der Waals surface area contributed by atoms with E-state index in [0.717, 1.165) is 64.6 Å². The van der Waals surface area contributed by atoms with Gasteiger partial charge in [0.15, 0.2) is 5.96 Å². The minimum atomic E-state index is 0. The molecule has 0 fully saturated rings. The Kier molecular flexibility index (Phi) is 9.61. The van der Waals surface area contributed by atoms with Crippen LogP contribution >= 0.6 is 24.0 Å². The summed E-state index contributed by atoms with van der Waals surface area (Å²) in [6, 6.07) is 10.7. The van der Waals surface area contributed by atoms with E-state index in [2.05, 4.69) is 56.8 Å². The lowest BCUT2D eigenvalue weighted by atomic mass is 10.00. The topological polar surface area (TPSA) is 57.5 Å². The number of guanidine groups is 1. The van der Waals surface area contributed by atoms with E-state index in [1.807, 2.05) is 23.1 Å². The average Bonchev–Trinajstić information content (AvgIpc) is 3.18. The van der Waals surface area contributed by atoms with Crippen LogP contribution in [0.1, 0.15) is 24.5 Å². The maximum absolute atomic E-state index is 4.67. The Labute approximate surface area is 179 Å². The lowest BCUT2D eigenvalue weighted by Gasteiger charge is -2.28. The van der Waals surface area contributed by atoms with Gasteiger partial charge in [0.2, 0.25) is 0 Å². The van der Waals surface area contributed by atoms with Gasteiger partial charge in [-0.05, 0) is 37.0 Å². The fourth-order valence-electron chi connectivity index (χ4n) is 3.28. The summed E-state index contributed by atoms with van der Waals surface area (Å²) in [6.45, 7) is 8.81. The third-order valence-corrected chi connectivity index (χ3v) is 4.65. The number of halogens is 1. The maximum Gasteiger partial charge on any atom is 0.191 e. The number of benzene rings is 1. The van der Waals surface area contributed by atoms with Crippen molar-refractivity contribution in [1.82, 2.24) is 25.3 Å². The molecular formula is C20H31IN6. The van der Waals surface area contributed by atoms with Gasteiger partial charge >= 0.3 is 0 Å². The molecule has 0 radical (unpaired) electrons. The minimum absolute atomic E-state index is 0. The third-order valence-electron chi connectivity index (χ3n) is 4.65. The van der Waals surface area contributed by atoms with E-state index in [0.29, 0.717) is 0 Å². The lowest BCUT2D eigenvalue weighted by Crippen LogP contribution is -2.42. The highest BCUT2D eigenvalue weighted by atomic mass is 127. The molecule has 1 aromatic heterocycles. The van der Waals surface area contributed by atoms with E-state index >= 15 is 0 Å². The molecule has 0 bridgehead atoms. The molecule has 0 saturated heterocycles. The zero-order valence-electron chi connectivity index (χ0n) is 16.1. The number of aromatic nitrogens is 2. The van der Waals surface area contributed by atoms with Gasteiger partial charge in [0, 0.05) is 58.2 Å². The predicted octanol–water partition coefficient (Wildman–Crippen LogP) is 2.50. The first kappa shape index (κ1) is 21.7. The molecule has 0 spiro atoms. The van der Waals surface area contributed by atoms with E-state index in [1.165, 1.54) is 11.1 Å². The largest absolute Gasteiger partial charge is 0.357 e. The summed E-state index contributed by atoms with van der Waals surface area (Å²) in [5, 5.41) is 11.0. The molecular weight excluding hydrogens is 451 g/mol. The Bertz CT molecular complexity index is 686. The van der Waals surface area contributed by atoms with Crippen molar-refractivity contribution in [3.63, 3.8) is 0 Å². The summed E-state index contributed by atoms with van der Waals surface area (Å²) in [5.41, 5.74) is 2.97. The van der Waals surface area contributed by atoms with Crippen LogP contribution in [-0.2, 0) is 19.5 Å². The minimum Gasteiger partial charge on any atom is -0.357 e. The molecule has 2 aromatic rings. The van der Waals surface area contributed by atoms with Gasteiger partial charge in [-0.3, -0.25) is 14.6 Å². The fourth-order valence-corrected chi connectivity index (χ4v) is 3.28. The Morgan fingerprint density at radius 3 is 2.78 bits per heavy atom. The molecule has 2 N–H and O–H groups in total. The molecule has 27 heavy (non-hydrogen) atoms. The van der Waals surface area contributed by atoms with Crippen molar-refractivity contribution in [2.75, 3.05) is 32.7 Å². The van der Waals surface area contributed by atoms with Crippen LogP contribution in [0.4, 0.5) is 0 Å². The van der Waals surface area contributed by atoms with Crippen LogP contribution in [0, 0.1) is 0 Å². The zero-order valence-corrected chi connectivity index (χ0v) is 18.4. The third kappa shape index (κ3) is 7.14. The highest BCUT2D eigenvalue weighted by Crippen LogP contribution is 2.17. The van der Waals surface area contributed by atoms with E-state index in [4.69, 9.17) is 0 Å². The second kappa shape index (κ2) is 12.0. The molecule has 0 amide bonds. The van der Waals surface area contributed by atoms with Crippen LogP contribution in [0.2, 0.25) is 0 Å². The number of fused-ring (bicyclic) bond motifs is 1. The summed E-state index contributed by atoms with van der Waals surface area (Å²) >= 11 is 0. The van der Waals surface area contributed by atoms with Gasteiger partial charge in [0.25, 0.3) is 0 Å². The summed E-state index contributed by atoms with van der Waals surface area (Å²) in [4.78, 5) is 7.18. The first-order chi connectivity index (χ1) is 12.8. The first-order valence-corrected chi connectivity index (χ1v) is 9.64. The van der Waals surface area contributed by atoms with Gasteiger partial charge in [0.05, 0.1) is 0 Å². The summed E-state index contributed by atoms with van der Waals surface area (Å²) in [7, 11) is 0. The average molecular weight is 482 g/mol. The van der Waals surface area contributed by atoms with Gasteiger partial charge < -0.3 is 10.6 Å². The number of nitrogens with one attached hydrogen (secondary N) is 2. The zero-order chi connectivity index (χ0) is 18.0. The van der Waals surface area contributed by atoms with Gasteiger partial charge in [-0.15, -0.1) is 24.0 Å². The quantitative estimate of drug-likeness (QED) is 0.263. The Balaban J connectivity index is 0.00000261. The number of aryl methyl sites for hydroxylation is 1. The lowest BCUT2D eigenvalue weighted by molar-refractivity contribution is 0.258. The molecule has 1 aliphatic heterocycles. The highest BCUT2D eigenvalue weighted by Gasteiger charge is 2.14. The number of nitrogens with zero attached hydrogens (tertiary/aromatic N) is 4. The summed E-state index contributed by atoms with van der Waals surface area (Å²) in [6.07, 6.45) is 5.94. The predicted molar refractivity (Wildman–Crippen MR) is 122 cm³/mol. The monoisotopic (exact) mass is 482 g/mol. The maximum atomic E-state index is 4.67. The smallest absolute Gasteiger partial charge is 0.191 e. The van der Waals surface area contributed by atoms with Crippen molar-refractivity contribution in [2.24, 2.45) is 4.99 Å². The number of rotatable bonds is 8. The van der Waals surface area contributed by atoms with Crippen LogP contribution in [-0.4, -0.2) is 53.4 Å². The summed E-state index contributed by atoms with van der Waals surface area (Å²) in [5.74, 6) is 0.908. The van der Waals surface area contributed by atoms with E-state index in [9.17, 15) is 0 Å². The molecule has 0 atom stereocenters. The first-order valence-electron chi connectivity index (χ1n) is 9.64. The molecule has 6 nitrogen and oxygen atoms in total. The number of hydrogen-bond donors (Lipinski definition) is 2. The molecule has 1 aromatic carbocycles. The van der Waals surface area contributed by atoms with Crippen LogP contribution in [0.25, 0.3) is 0 Å². The molecule has 3 rings (SSSR count). The number of aliphatic imine (C=N–C) groups is 1. The Hall–Kier alpha value is -1.61. The highest BCUT2D eigenvalue weighted by molar-refractivity contribution is 14.0. The second-order valence-electron chi connectivity index (χ2n) is 6.60. The number of hydrogen-bond acceptors (Lipinski definition) is 3. The van der Waals surface area contributed by atoms with Gasteiger partial charge in [-0.25, -0.2) is 0 Å². The van der Waals surface area contributed by atoms with Crippen molar-refractivity contribution in [3.05, 3.63) is 53.9 Å². The van der Waals surface area contributed by atoms with Gasteiger partial charge in [0.1, 0.15) is 0 Å². The molecule has 0 unspecified atom stereocenters. The van der Waals surface area contributed by atoms with Crippen LogP contribution in [0.3, 0.4) is 0 Å². The molecule has 148 valence electrons. The molecule has 1 aliphatic rings. The molecule has 0 saturated carbocycles. The van der Waals surface area contributed by atoms with Gasteiger partial charge in [-0.1, -0.05) is 24.3 Å². The van der Waals surface area contributed by atoms with E-state index in [1.54, 1.807) is 0 Å². The second-order valence-corrected chi connectivity index (χ2v) is 6.60. The summed E-state index contributed by atoms with van der Waals surface area (Å²) < 4.78 is 1.95. The molecule has 0 aliphatic carbocycles. The Morgan fingerprint density at radius 2 is 2.00 bits per heavy atom. The normalized spacial score (nSPS) is 14.3. The van der Waals surface area contributed by atoms with Crippen molar-refractivity contribution in [1.29, 1.82) is 0 Å². The van der Waals surface area contributed by atoms with E-state index < -0.39 is 0 Å². The van der Waals surface area contributed by atoms with Gasteiger partial charge in [-0.2, -0.15) is 5.10 Å². The standard InChI is InChI=1S/C20H30N6.HI/c1-2-21-20(22-10-5-13-26-14-6-11-24-26)23-12-16-25-15-9-18-7-3-4-8-19(18)17-25;/h3-4,6-8,11,14H,2,5,9-10,12-13,15-17H2,1H3,(H2,21,22,23);1H. The van der Waals surface area contributed by atoms with Crippen LogP contribution < -0.4 is 10.6 Å². The molecule has 2 heterocycles. The Morgan fingerprint density at radius 1 is 1.15 bits per heavy atom. The van der Waals surface area contributed by atoms with Crippen molar-refractivity contribution in [2.45, 2.75) is 32.9 Å². The SMILES string of the molecule is CCNC(=NCCCn1cccn1)NCCN1CCc2ccccc2C1.I. The van der Waals surface area contributed by atoms with Crippen LogP contribution in [0.15, 0.2) is 47.7 Å². The molecule has 7 heteroatoms. The van der Waals surface area contributed by atoms with Crippen molar-refractivity contribution < 1.29 is 0 Å². The van der Waals surface area contributed by atoms with Crippen molar-refractivity contribution >= 4 is 29.9 Å². The van der Waals surface area contributed by atoms with Crippen molar-refractivity contribution in [3.8, 4) is 0 Å².